The van der Waals surface area contributed by atoms with Gasteiger partial charge in [0.05, 0.1) is 0 Å². The van der Waals surface area contributed by atoms with Crippen LogP contribution in [-0.2, 0) is 16.1 Å². The van der Waals surface area contributed by atoms with Gasteiger partial charge < -0.3 is 10.2 Å². The second-order valence-corrected chi connectivity index (χ2v) is 7.31. The zero-order valence-corrected chi connectivity index (χ0v) is 13.5. The first-order chi connectivity index (χ1) is 11.2. The van der Waals surface area contributed by atoms with Gasteiger partial charge in [0.15, 0.2) is 0 Å². The summed E-state index contributed by atoms with van der Waals surface area (Å²) >= 11 is 0. The van der Waals surface area contributed by atoms with Gasteiger partial charge in [-0.15, -0.1) is 0 Å². The zero-order valence-electron chi connectivity index (χ0n) is 13.5. The molecule has 0 spiro atoms. The van der Waals surface area contributed by atoms with Gasteiger partial charge in [-0.3, -0.25) is 9.59 Å². The Bertz CT molecular complexity index is 610. The third-order valence-electron chi connectivity index (χ3n) is 5.86. The van der Waals surface area contributed by atoms with E-state index in [0.29, 0.717) is 18.9 Å². The number of hydrogen-bond donors (Lipinski definition) is 1. The summed E-state index contributed by atoms with van der Waals surface area (Å²) in [6.07, 6.45) is 6.51. The summed E-state index contributed by atoms with van der Waals surface area (Å²) < 4.78 is 0. The molecule has 3 fully saturated rings. The molecule has 3 aliphatic rings. The largest absolute Gasteiger partial charge is 0.352 e. The van der Waals surface area contributed by atoms with E-state index >= 15 is 0 Å². The average Bonchev–Trinajstić information content (AvgIpc) is 3.29. The van der Waals surface area contributed by atoms with E-state index in [0.717, 1.165) is 36.6 Å². The van der Waals surface area contributed by atoms with Gasteiger partial charge >= 0.3 is 0 Å². The third kappa shape index (κ3) is 2.87. The van der Waals surface area contributed by atoms with E-state index < -0.39 is 0 Å². The summed E-state index contributed by atoms with van der Waals surface area (Å²) in [5.74, 6) is 2.12. The Kier molecular flexibility index (Phi) is 3.83. The van der Waals surface area contributed by atoms with Gasteiger partial charge in [-0.2, -0.15) is 0 Å². The van der Waals surface area contributed by atoms with E-state index in [1.54, 1.807) is 0 Å². The van der Waals surface area contributed by atoms with Crippen LogP contribution in [0.25, 0.3) is 0 Å². The maximum Gasteiger partial charge on any atom is 0.227 e. The van der Waals surface area contributed by atoms with Crippen molar-refractivity contribution in [2.75, 3.05) is 11.4 Å². The molecular formula is C19H24N2O2. The monoisotopic (exact) mass is 312 g/mol. The maximum absolute atomic E-state index is 12.4. The number of nitrogens with one attached hydrogen (secondary N) is 1. The van der Waals surface area contributed by atoms with E-state index in [1.807, 2.05) is 29.2 Å². The minimum atomic E-state index is 0.210. The molecule has 4 rings (SSSR count). The summed E-state index contributed by atoms with van der Waals surface area (Å²) in [7, 11) is 0. The highest BCUT2D eigenvalue weighted by atomic mass is 16.2. The molecule has 0 aromatic heterocycles. The Morgan fingerprint density at radius 2 is 2.00 bits per heavy atom. The molecule has 2 aliphatic carbocycles. The fraction of sp³-hybridized carbons (Fsp3) is 0.579. The maximum atomic E-state index is 12.4. The van der Waals surface area contributed by atoms with E-state index in [9.17, 15) is 9.59 Å². The van der Waals surface area contributed by atoms with Crippen molar-refractivity contribution in [3.05, 3.63) is 29.8 Å². The summed E-state index contributed by atoms with van der Waals surface area (Å²) in [5, 5.41) is 3.10. The molecule has 122 valence electrons. The van der Waals surface area contributed by atoms with Crippen LogP contribution >= 0.6 is 0 Å². The van der Waals surface area contributed by atoms with Gasteiger partial charge in [-0.25, -0.2) is 0 Å². The number of rotatable bonds is 4. The Morgan fingerprint density at radius 3 is 2.61 bits per heavy atom. The number of anilines is 1. The minimum Gasteiger partial charge on any atom is -0.352 e. The minimum absolute atomic E-state index is 0.210. The van der Waals surface area contributed by atoms with Gasteiger partial charge in [0.1, 0.15) is 0 Å². The summed E-state index contributed by atoms with van der Waals surface area (Å²) in [4.78, 5) is 26.0. The van der Waals surface area contributed by atoms with Crippen LogP contribution in [0.4, 0.5) is 5.69 Å². The molecule has 1 saturated heterocycles. The lowest BCUT2D eigenvalue weighted by Crippen LogP contribution is -2.33. The van der Waals surface area contributed by atoms with Crippen LogP contribution in [0.3, 0.4) is 0 Å². The Labute approximate surface area is 137 Å². The molecule has 1 aromatic rings. The van der Waals surface area contributed by atoms with Gasteiger partial charge in [-0.05, 0) is 55.2 Å². The molecular weight excluding hydrogens is 288 g/mol. The number of benzene rings is 1. The normalized spacial score (nSPS) is 29.3. The lowest BCUT2D eigenvalue weighted by molar-refractivity contribution is -0.126. The van der Waals surface area contributed by atoms with Gasteiger partial charge in [0.2, 0.25) is 11.8 Å². The fourth-order valence-corrected chi connectivity index (χ4v) is 4.60. The average molecular weight is 312 g/mol. The molecule has 0 radical (unpaired) electrons. The predicted octanol–water partition coefficient (Wildman–Crippen LogP) is 2.87. The summed E-state index contributed by atoms with van der Waals surface area (Å²) in [6, 6.07) is 8.01. The highest BCUT2D eigenvalue weighted by Gasteiger charge is 2.42. The van der Waals surface area contributed by atoms with Crippen LogP contribution in [0.1, 0.15) is 44.1 Å². The highest BCUT2D eigenvalue weighted by molar-refractivity contribution is 5.95. The second-order valence-electron chi connectivity index (χ2n) is 7.31. The number of nitrogens with zero attached hydrogens (tertiary/aromatic N) is 1. The fourth-order valence-electron chi connectivity index (χ4n) is 4.60. The molecule has 3 unspecified atom stereocenters. The standard InChI is InChI=1S/C19H24N2O2/c22-18-2-1-9-21(18)16-7-4-13(5-8-16)12-20-19(23)17-11-14-3-6-15(17)10-14/h4-5,7-8,14-15,17H,1-3,6,9-12H2,(H,20,23). The van der Waals surface area contributed by atoms with Crippen molar-refractivity contribution in [3.8, 4) is 0 Å². The number of carbonyl (C=O) groups excluding carboxylic acids is 2. The van der Waals surface area contributed by atoms with Crippen molar-refractivity contribution in [1.82, 2.24) is 5.32 Å². The van der Waals surface area contributed by atoms with Crippen molar-refractivity contribution < 1.29 is 9.59 Å². The highest BCUT2D eigenvalue weighted by Crippen LogP contribution is 2.48. The quantitative estimate of drug-likeness (QED) is 0.929. The van der Waals surface area contributed by atoms with Gasteiger partial charge in [0, 0.05) is 31.1 Å². The third-order valence-corrected chi connectivity index (χ3v) is 5.86. The van der Waals surface area contributed by atoms with Crippen molar-refractivity contribution in [1.29, 1.82) is 0 Å². The number of carbonyl (C=O) groups is 2. The molecule has 2 amide bonds. The lowest BCUT2D eigenvalue weighted by atomic mass is 9.88. The van der Waals surface area contributed by atoms with Gasteiger partial charge in [0.25, 0.3) is 0 Å². The van der Waals surface area contributed by atoms with Crippen molar-refractivity contribution in [2.24, 2.45) is 17.8 Å². The van der Waals surface area contributed by atoms with Crippen molar-refractivity contribution in [2.45, 2.75) is 45.1 Å². The molecule has 1 aromatic carbocycles. The van der Waals surface area contributed by atoms with E-state index in [4.69, 9.17) is 0 Å². The van der Waals surface area contributed by atoms with E-state index in [2.05, 4.69) is 5.32 Å². The zero-order chi connectivity index (χ0) is 15.8. The Balaban J connectivity index is 1.32. The predicted molar refractivity (Wildman–Crippen MR) is 88.8 cm³/mol. The summed E-state index contributed by atoms with van der Waals surface area (Å²) in [5.41, 5.74) is 2.06. The summed E-state index contributed by atoms with van der Waals surface area (Å²) in [6.45, 7) is 1.40. The SMILES string of the molecule is O=C(NCc1ccc(N2CCCC2=O)cc1)C1CC2CCC1C2. The van der Waals surface area contributed by atoms with E-state index in [-0.39, 0.29) is 17.7 Å². The van der Waals surface area contributed by atoms with Crippen molar-refractivity contribution in [3.63, 3.8) is 0 Å². The number of fused-ring (bicyclic) bond motifs is 2. The molecule has 4 nitrogen and oxygen atoms in total. The molecule has 3 atom stereocenters. The smallest absolute Gasteiger partial charge is 0.227 e. The lowest BCUT2D eigenvalue weighted by Gasteiger charge is -2.21. The Morgan fingerprint density at radius 1 is 1.17 bits per heavy atom. The molecule has 1 N–H and O–H groups in total. The molecule has 1 heterocycles. The number of amides is 2. The topological polar surface area (TPSA) is 49.4 Å². The van der Waals surface area contributed by atoms with Crippen LogP contribution in [0, 0.1) is 17.8 Å². The molecule has 4 heteroatoms. The number of hydrogen-bond acceptors (Lipinski definition) is 2. The van der Waals surface area contributed by atoms with E-state index in [1.165, 1.54) is 19.3 Å². The second kappa shape index (κ2) is 5.99. The Hall–Kier alpha value is -1.84. The van der Waals surface area contributed by atoms with Crippen LogP contribution in [-0.4, -0.2) is 18.4 Å². The molecule has 2 saturated carbocycles. The first kappa shape index (κ1) is 14.7. The first-order valence-corrected chi connectivity index (χ1v) is 8.88. The molecule has 2 bridgehead atoms. The van der Waals surface area contributed by atoms with Crippen LogP contribution in [0.15, 0.2) is 24.3 Å². The van der Waals surface area contributed by atoms with Crippen LogP contribution < -0.4 is 10.2 Å². The first-order valence-electron chi connectivity index (χ1n) is 8.88. The van der Waals surface area contributed by atoms with Crippen LogP contribution in [0.5, 0.6) is 0 Å². The molecule has 23 heavy (non-hydrogen) atoms. The molecule has 1 aliphatic heterocycles. The van der Waals surface area contributed by atoms with Crippen LogP contribution in [0.2, 0.25) is 0 Å². The van der Waals surface area contributed by atoms with Gasteiger partial charge in [-0.1, -0.05) is 18.6 Å². The van der Waals surface area contributed by atoms with Crippen molar-refractivity contribution >= 4 is 17.5 Å².